The highest BCUT2D eigenvalue weighted by Gasteiger charge is 2.46. The monoisotopic (exact) mass is 706 g/mol. The molecule has 50 heavy (non-hydrogen) atoms. The van der Waals surface area contributed by atoms with E-state index >= 15 is 8.78 Å². The van der Waals surface area contributed by atoms with Gasteiger partial charge in [0.2, 0.25) is 0 Å². The number of ether oxygens (including phenoxy) is 1. The second-order valence-electron chi connectivity index (χ2n) is 13.5. The Morgan fingerprint density at radius 2 is 1.98 bits per heavy atom. The number of hydrogen-bond donors (Lipinski definition) is 2. The van der Waals surface area contributed by atoms with Crippen molar-refractivity contribution in [3.05, 3.63) is 47.4 Å². The van der Waals surface area contributed by atoms with E-state index in [0.717, 1.165) is 18.9 Å². The van der Waals surface area contributed by atoms with Gasteiger partial charge in [0.25, 0.3) is 0 Å². The Morgan fingerprint density at radius 1 is 1.16 bits per heavy atom. The minimum absolute atomic E-state index is 0.0145. The summed E-state index contributed by atoms with van der Waals surface area (Å²) < 4.78 is 66.7. The lowest BCUT2D eigenvalue weighted by Gasteiger charge is -2.35. The van der Waals surface area contributed by atoms with Crippen LogP contribution in [0.2, 0.25) is 0 Å². The number of alkyl halides is 4. The number of fused-ring (bicyclic) bond motifs is 2. The molecule has 3 fully saturated rings. The van der Waals surface area contributed by atoms with Crippen LogP contribution in [-0.4, -0.2) is 83.0 Å². The van der Waals surface area contributed by atoms with Gasteiger partial charge in [0.1, 0.15) is 23.6 Å². The van der Waals surface area contributed by atoms with E-state index in [4.69, 9.17) is 34.2 Å². The molecule has 2 N–H and O–H groups in total. The van der Waals surface area contributed by atoms with Crippen molar-refractivity contribution >= 4 is 39.1 Å². The summed E-state index contributed by atoms with van der Waals surface area (Å²) in [7, 11) is 0. The normalized spacial score (nSPS) is 20.6. The van der Waals surface area contributed by atoms with Gasteiger partial charge in [0.15, 0.2) is 0 Å². The number of aromatic nitrogens is 3. The van der Waals surface area contributed by atoms with Crippen molar-refractivity contribution in [3.63, 3.8) is 0 Å². The number of nitrogens with zero attached hydrogens (tertiary/aromatic N) is 5. The molecular weight excluding hydrogens is 672 g/mol. The third kappa shape index (κ3) is 6.72. The van der Waals surface area contributed by atoms with Gasteiger partial charge < -0.3 is 20.1 Å². The molecule has 2 atom stereocenters. The van der Waals surface area contributed by atoms with Crippen LogP contribution < -0.4 is 15.0 Å². The lowest BCUT2D eigenvalue weighted by atomic mass is 9.93. The number of anilines is 1. The zero-order chi connectivity index (χ0) is 35.2. The van der Waals surface area contributed by atoms with Gasteiger partial charge in [-0.3, -0.25) is 9.88 Å². The van der Waals surface area contributed by atoms with Crippen LogP contribution in [0.1, 0.15) is 43.2 Å². The highest BCUT2D eigenvalue weighted by molar-refractivity contribution is 6.23. The molecule has 0 radical (unpaired) electrons. The van der Waals surface area contributed by atoms with Crippen molar-refractivity contribution in [2.45, 2.75) is 49.7 Å². The van der Waals surface area contributed by atoms with Crippen LogP contribution in [0.15, 0.2) is 30.5 Å². The Balaban J connectivity index is 1.38. The summed E-state index contributed by atoms with van der Waals surface area (Å²) in [6, 6.07) is 4.98. The Morgan fingerprint density at radius 3 is 2.68 bits per heavy atom. The second-order valence-corrected chi connectivity index (χ2v) is 14.0. The van der Waals surface area contributed by atoms with Crippen molar-refractivity contribution < 1.29 is 27.4 Å². The quantitative estimate of drug-likeness (QED) is 0.112. The Kier molecular flexibility index (Phi) is 9.14. The molecule has 1 unspecified atom stereocenters. The molecule has 4 aromatic rings. The van der Waals surface area contributed by atoms with Gasteiger partial charge in [-0.2, -0.15) is 18.7 Å². The van der Waals surface area contributed by atoms with E-state index < -0.39 is 22.9 Å². The first-order valence-electron chi connectivity index (χ1n) is 16.6. The molecule has 2 aromatic carbocycles. The van der Waals surface area contributed by atoms with E-state index in [9.17, 15) is 13.9 Å². The molecule has 2 aliphatic heterocycles. The number of halogens is 5. The summed E-state index contributed by atoms with van der Waals surface area (Å²) in [5.41, 5.74) is -1.77. The fraction of sp³-hybridized carbons (Fsp3) is 0.432. The molecule has 2 saturated heterocycles. The summed E-state index contributed by atoms with van der Waals surface area (Å²) >= 11 is 5.90. The van der Waals surface area contributed by atoms with Gasteiger partial charge in [0, 0.05) is 74.3 Å². The topological polar surface area (TPSA) is 86.6 Å². The number of rotatable bonds is 10. The van der Waals surface area contributed by atoms with Gasteiger partial charge >= 0.3 is 11.4 Å². The van der Waals surface area contributed by atoms with Crippen molar-refractivity contribution in [3.8, 4) is 47.7 Å². The Hall–Kier alpha value is -4.36. The highest BCUT2D eigenvalue weighted by atomic mass is 35.5. The molecule has 0 bridgehead atoms. The number of pyridine rings is 1. The fourth-order valence-electron chi connectivity index (χ4n) is 7.20. The van der Waals surface area contributed by atoms with Crippen molar-refractivity contribution in [1.82, 2.24) is 25.2 Å². The molecular formula is C37H35ClF4N6O2. The van der Waals surface area contributed by atoms with E-state index in [-0.39, 0.29) is 62.9 Å². The van der Waals surface area contributed by atoms with Gasteiger partial charge in [-0.1, -0.05) is 12.0 Å². The van der Waals surface area contributed by atoms with Crippen LogP contribution in [0, 0.1) is 35.9 Å². The molecule has 4 heterocycles. The number of hydrogen-bond acceptors (Lipinski definition) is 8. The van der Waals surface area contributed by atoms with Crippen molar-refractivity contribution in [2.24, 2.45) is 5.41 Å². The number of aromatic hydroxyl groups is 1. The van der Waals surface area contributed by atoms with Crippen LogP contribution in [-0.2, 0) is 5.38 Å². The molecule has 1 saturated carbocycles. The third-order valence-electron chi connectivity index (χ3n) is 9.87. The summed E-state index contributed by atoms with van der Waals surface area (Å²) in [6.07, 6.45) is 15.2. The molecule has 260 valence electrons. The van der Waals surface area contributed by atoms with Crippen molar-refractivity contribution in [1.29, 1.82) is 0 Å². The van der Waals surface area contributed by atoms with E-state index in [2.05, 4.69) is 32.0 Å². The maximum Gasteiger partial charge on any atom is 0.352 e. The predicted molar refractivity (Wildman–Crippen MR) is 185 cm³/mol. The Bertz CT molecular complexity index is 2040. The minimum atomic E-state index is -4.04. The number of phenols is 1. The maximum absolute atomic E-state index is 15.8. The lowest BCUT2D eigenvalue weighted by molar-refractivity contribution is 0.0968. The van der Waals surface area contributed by atoms with E-state index in [1.54, 1.807) is 0 Å². The predicted octanol–water partition coefficient (Wildman–Crippen LogP) is 6.35. The summed E-state index contributed by atoms with van der Waals surface area (Å²) in [5.74, 6) is 4.29. The third-order valence-corrected chi connectivity index (χ3v) is 10.1. The largest absolute Gasteiger partial charge is 0.508 e. The molecule has 0 spiro atoms. The molecule has 13 heteroatoms. The van der Waals surface area contributed by atoms with E-state index in [1.165, 1.54) is 24.4 Å². The van der Waals surface area contributed by atoms with Crippen LogP contribution in [0.5, 0.6) is 11.8 Å². The average molecular weight is 707 g/mol. The van der Waals surface area contributed by atoms with Gasteiger partial charge in [-0.15, -0.1) is 18.8 Å². The number of phenolic OH excluding ortho intramolecular Hbond substituents is 1. The molecule has 3 aliphatic rings. The van der Waals surface area contributed by atoms with Crippen LogP contribution >= 0.6 is 11.6 Å². The lowest BCUT2D eigenvalue weighted by Crippen LogP contribution is -2.51. The maximum atomic E-state index is 15.8. The number of piperazine rings is 1. The average Bonchev–Trinajstić information content (AvgIpc) is 3.74. The second kappa shape index (κ2) is 13.4. The van der Waals surface area contributed by atoms with Crippen LogP contribution in [0.25, 0.3) is 32.9 Å². The first-order valence-corrected chi connectivity index (χ1v) is 17.0. The first kappa shape index (κ1) is 34.1. The summed E-state index contributed by atoms with van der Waals surface area (Å²) in [5, 5.41) is 10.7. The number of likely N-dealkylation sites (tertiary alicyclic amines) is 1. The fourth-order valence-corrected chi connectivity index (χ4v) is 7.38. The van der Waals surface area contributed by atoms with Crippen LogP contribution in [0.3, 0.4) is 0 Å². The van der Waals surface area contributed by atoms with E-state index in [0.29, 0.717) is 69.7 Å². The van der Waals surface area contributed by atoms with Gasteiger partial charge in [-0.25, -0.2) is 8.78 Å². The molecule has 2 aromatic heterocycles. The summed E-state index contributed by atoms with van der Waals surface area (Å²) in [6.45, 7) is 3.48. The zero-order valence-corrected chi connectivity index (χ0v) is 27.9. The smallest absolute Gasteiger partial charge is 0.352 e. The number of terminal acetylenes is 2. The molecule has 1 aliphatic carbocycles. The Labute approximate surface area is 292 Å². The van der Waals surface area contributed by atoms with Crippen molar-refractivity contribution in [2.75, 3.05) is 50.8 Å². The van der Waals surface area contributed by atoms with Gasteiger partial charge in [0.05, 0.1) is 34.3 Å². The SMILES string of the molecule is C#CCCC1CN(c2nc(OCC3(CN4CC[C@@H](F)C4)CC3)nc3c(C(F)(F)Cl)c(-c4cc(O)cc5ccc(F)c(C#C)c45)ncc23)CCN1. The minimum Gasteiger partial charge on any atom is -0.508 e. The standard InChI is InChI=1S/C37H35ClF4N6O2/c1-3-5-6-24-19-48(14-12-43-24)34-28-17-44-32(27-16-25(49)15-22-7-8-29(40)26(4-2)30(22)27)31(37(38,41)42)33(28)45-35(46-34)50-21-36(10-11-36)20-47-13-9-23(39)18-47/h1-2,7-8,15-17,23-24,43,49H,5-6,9-14,18-21H2/t23-,24?/m1/s1. The summed E-state index contributed by atoms with van der Waals surface area (Å²) in [4.78, 5) is 17.8. The molecule has 8 nitrogen and oxygen atoms in total. The first-order chi connectivity index (χ1) is 24.0. The molecule has 7 rings (SSSR count). The van der Waals surface area contributed by atoms with Gasteiger partial charge in [-0.05, 0) is 60.9 Å². The van der Waals surface area contributed by atoms with E-state index in [1.807, 2.05) is 4.90 Å². The zero-order valence-electron chi connectivity index (χ0n) is 27.2. The number of benzene rings is 2. The highest BCUT2D eigenvalue weighted by Crippen LogP contribution is 2.48. The molecule has 0 amide bonds. The van der Waals surface area contributed by atoms with Crippen LogP contribution in [0.4, 0.5) is 23.4 Å². The number of nitrogens with one attached hydrogen (secondary N) is 1.